The van der Waals surface area contributed by atoms with E-state index in [9.17, 15) is 22.9 Å². The highest BCUT2D eigenvalue weighted by Crippen LogP contribution is 2.27. The summed E-state index contributed by atoms with van der Waals surface area (Å²) in [4.78, 5) is 9.95. The van der Waals surface area contributed by atoms with Gasteiger partial charge in [-0.15, -0.1) is 0 Å². The summed E-state index contributed by atoms with van der Waals surface area (Å²) in [6.45, 7) is 0. The minimum absolute atomic E-state index is 0.0548. The fourth-order valence-electron chi connectivity index (χ4n) is 2.81. The summed E-state index contributed by atoms with van der Waals surface area (Å²) >= 11 is 0. The quantitative estimate of drug-likeness (QED) is 0.676. The number of benzene rings is 2. The molecule has 0 fully saturated rings. The standard InChI is InChI=1S/C16H15FN2O4S/c17-15-8-6-13(10-16(15)19(20)21)18-24(22,23)14-7-5-11-3-1-2-4-12(11)9-14/h5-10,18H,1-4H2. The van der Waals surface area contributed by atoms with Crippen LogP contribution in [0.15, 0.2) is 41.3 Å². The van der Waals surface area contributed by atoms with Crippen molar-refractivity contribution in [1.82, 2.24) is 0 Å². The Bertz CT molecular complexity index is 912. The highest BCUT2D eigenvalue weighted by atomic mass is 32.2. The van der Waals surface area contributed by atoms with Gasteiger partial charge >= 0.3 is 5.69 Å². The number of nitrogens with zero attached hydrogens (tertiary/aromatic N) is 1. The van der Waals surface area contributed by atoms with E-state index in [4.69, 9.17) is 0 Å². The van der Waals surface area contributed by atoms with Gasteiger partial charge in [-0.25, -0.2) is 8.42 Å². The van der Waals surface area contributed by atoms with Gasteiger partial charge in [-0.1, -0.05) is 6.07 Å². The van der Waals surface area contributed by atoms with E-state index < -0.39 is 26.5 Å². The van der Waals surface area contributed by atoms with Gasteiger partial charge in [-0.05, 0) is 61.1 Å². The second-order valence-electron chi connectivity index (χ2n) is 5.67. The van der Waals surface area contributed by atoms with Crippen LogP contribution in [0.25, 0.3) is 0 Å². The molecule has 8 heteroatoms. The zero-order valence-electron chi connectivity index (χ0n) is 12.7. The van der Waals surface area contributed by atoms with Crippen LogP contribution in [-0.2, 0) is 22.9 Å². The Morgan fingerprint density at radius 1 is 1.04 bits per heavy atom. The van der Waals surface area contributed by atoms with Crippen LogP contribution in [0.5, 0.6) is 0 Å². The molecular formula is C16H15FN2O4S. The fourth-order valence-corrected chi connectivity index (χ4v) is 3.91. The lowest BCUT2D eigenvalue weighted by Crippen LogP contribution is -2.14. The third-order valence-corrected chi connectivity index (χ3v) is 5.40. The van der Waals surface area contributed by atoms with Gasteiger partial charge in [0, 0.05) is 6.07 Å². The Morgan fingerprint density at radius 3 is 2.46 bits per heavy atom. The molecule has 2 aromatic rings. The molecule has 0 atom stereocenters. The summed E-state index contributed by atoms with van der Waals surface area (Å²) in [5.41, 5.74) is 1.33. The number of hydrogen-bond acceptors (Lipinski definition) is 4. The van der Waals surface area contributed by atoms with E-state index in [-0.39, 0.29) is 10.6 Å². The van der Waals surface area contributed by atoms with Crippen molar-refractivity contribution in [2.24, 2.45) is 0 Å². The maximum Gasteiger partial charge on any atom is 0.306 e. The molecule has 0 amide bonds. The predicted molar refractivity (Wildman–Crippen MR) is 86.9 cm³/mol. The SMILES string of the molecule is O=[N+]([O-])c1cc(NS(=O)(=O)c2ccc3c(c2)CCCC3)ccc1F. The van der Waals surface area contributed by atoms with Crippen LogP contribution in [0.3, 0.4) is 0 Å². The molecule has 24 heavy (non-hydrogen) atoms. The van der Waals surface area contributed by atoms with Gasteiger partial charge < -0.3 is 0 Å². The molecule has 0 saturated heterocycles. The lowest BCUT2D eigenvalue weighted by molar-refractivity contribution is -0.387. The summed E-state index contributed by atoms with van der Waals surface area (Å²) in [5.74, 6) is -1.02. The van der Waals surface area contributed by atoms with Crippen molar-refractivity contribution in [3.8, 4) is 0 Å². The molecule has 1 aliphatic carbocycles. The molecule has 0 saturated carbocycles. The lowest BCUT2D eigenvalue weighted by atomic mass is 9.92. The van der Waals surface area contributed by atoms with Crippen LogP contribution in [0.2, 0.25) is 0 Å². The smallest absolute Gasteiger partial charge is 0.279 e. The minimum Gasteiger partial charge on any atom is -0.279 e. The van der Waals surface area contributed by atoms with Gasteiger partial charge in [0.05, 0.1) is 15.5 Å². The van der Waals surface area contributed by atoms with E-state index in [0.717, 1.165) is 55.0 Å². The average Bonchev–Trinajstić information content (AvgIpc) is 2.55. The van der Waals surface area contributed by atoms with E-state index in [1.807, 2.05) is 0 Å². The Balaban J connectivity index is 1.92. The number of fused-ring (bicyclic) bond motifs is 1. The van der Waals surface area contributed by atoms with Crippen molar-refractivity contribution < 1.29 is 17.7 Å². The Morgan fingerprint density at radius 2 is 1.75 bits per heavy atom. The largest absolute Gasteiger partial charge is 0.306 e. The Hall–Kier alpha value is -2.48. The molecule has 2 aromatic carbocycles. The Labute approximate surface area is 138 Å². The number of sulfonamides is 1. The maximum absolute atomic E-state index is 13.3. The molecule has 126 valence electrons. The molecule has 1 aliphatic rings. The molecule has 0 aliphatic heterocycles. The van der Waals surface area contributed by atoms with Crippen LogP contribution in [-0.4, -0.2) is 13.3 Å². The van der Waals surface area contributed by atoms with Crippen molar-refractivity contribution >= 4 is 21.4 Å². The van der Waals surface area contributed by atoms with E-state index >= 15 is 0 Å². The highest BCUT2D eigenvalue weighted by Gasteiger charge is 2.20. The van der Waals surface area contributed by atoms with Gasteiger partial charge in [0.25, 0.3) is 10.0 Å². The molecule has 0 bridgehead atoms. The van der Waals surface area contributed by atoms with E-state index in [1.54, 1.807) is 12.1 Å². The molecular weight excluding hydrogens is 335 g/mol. The number of nitrogens with one attached hydrogen (secondary N) is 1. The summed E-state index contributed by atoms with van der Waals surface area (Å²) in [6.07, 6.45) is 3.89. The first-order chi connectivity index (χ1) is 11.4. The Kier molecular flexibility index (Phi) is 4.23. The van der Waals surface area contributed by atoms with Gasteiger partial charge in [0.15, 0.2) is 0 Å². The average molecular weight is 350 g/mol. The van der Waals surface area contributed by atoms with Gasteiger partial charge in [-0.3, -0.25) is 14.8 Å². The van der Waals surface area contributed by atoms with Crippen LogP contribution >= 0.6 is 0 Å². The number of rotatable bonds is 4. The maximum atomic E-state index is 13.3. The molecule has 0 heterocycles. The lowest BCUT2D eigenvalue weighted by Gasteiger charge is -2.17. The zero-order chi connectivity index (χ0) is 17.3. The van der Waals surface area contributed by atoms with E-state index in [1.165, 1.54) is 6.07 Å². The van der Waals surface area contributed by atoms with Crippen LogP contribution < -0.4 is 4.72 Å². The van der Waals surface area contributed by atoms with Gasteiger partial charge in [-0.2, -0.15) is 4.39 Å². The van der Waals surface area contributed by atoms with Crippen molar-refractivity contribution in [3.63, 3.8) is 0 Å². The van der Waals surface area contributed by atoms with E-state index in [0.29, 0.717) is 0 Å². The van der Waals surface area contributed by atoms with Crippen molar-refractivity contribution in [3.05, 3.63) is 63.5 Å². The zero-order valence-corrected chi connectivity index (χ0v) is 13.5. The molecule has 0 unspecified atom stereocenters. The number of nitro benzene ring substituents is 1. The first-order valence-corrected chi connectivity index (χ1v) is 8.94. The number of nitro groups is 1. The molecule has 1 N–H and O–H groups in total. The van der Waals surface area contributed by atoms with Crippen molar-refractivity contribution in [2.75, 3.05) is 4.72 Å². The minimum atomic E-state index is -3.90. The predicted octanol–water partition coefficient (Wildman–Crippen LogP) is 3.41. The second-order valence-corrected chi connectivity index (χ2v) is 7.35. The first-order valence-electron chi connectivity index (χ1n) is 7.45. The number of anilines is 1. The van der Waals surface area contributed by atoms with Crippen LogP contribution in [0, 0.1) is 15.9 Å². The third-order valence-electron chi connectivity index (χ3n) is 4.03. The molecule has 0 radical (unpaired) electrons. The third kappa shape index (κ3) is 3.23. The number of halogens is 1. The molecule has 6 nitrogen and oxygen atoms in total. The highest BCUT2D eigenvalue weighted by molar-refractivity contribution is 7.92. The van der Waals surface area contributed by atoms with Gasteiger partial charge in [0.2, 0.25) is 5.82 Å². The first kappa shape index (κ1) is 16.4. The molecule has 3 rings (SSSR count). The van der Waals surface area contributed by atoms with Crippen LogP contribution in [0.1, 0.15) is 24.0 Å². The van der Waals surface area contributed by atoms with Crippen molar-refractivity contribution in [1.29, 1.82) is 0 Å². The molecule has 0 aromatic heterocycles. The number of hydrogen-bond donors (Lipinski definition) is 1. The fraction of sp³-hybridized carbons (Fsp3) is 0.250. The van der Waals surface area contributed by atoms with Crippen molar-refractivity contribution in [2.45, 2.75) is 30.6 Å². The van der Waals surface area contributed by atoms with E-state index in [2.05, 4.69) is 4.72 Å². The number of aryl methyl sites for hydroxylation is 2. The second kappa shape index (κ2) is 6.20. The summed E-state index contributed by atoms with van der Waals surface area (Å²) in [6, 6.07) is 7.84. The topological polar surface area (TPSA) is 89.3 Å². The normalized spacial score (nSPS) is 14.0. The summed E-state index contributed by atoms with van der Waals surface area (Å²) in [7, 11) is -3.90. The van der Waals surface area contributed by atoms with Gasteiger partial charge in [0.1, 0.15) is 0 Å². The van der Waals surface area contributed by atoms with Crippen LogP contribution in [0.4, 0.5) is 15.8 Å². The monoisotopic (exact) mass is 350 g/mol. The molecule has 0 spiro atoms. The summed E-state index contributed by atoms with van der Waals surface area (Å²) in [5, 5.41) is 10.8. The summed E-state index contributed by atoms with van der Waals surface area (Å²) < 4.78 is 40.6.